The Hall–Kier alpha value is -1.16. The predicted molar refractivity (Wildman–Crippen MR) is 55.2 cm³/mol. The molecule has 0 bridgehead atoms. The van der Waals surface area contributed by atoms with Gasteiger partial charge in [-0.25, -0.2) is 0 Å². The molecule has 0 N–H and O–H groups in total. The summed E-state index contributed by atoms with van der Waals surface area (Å²) in [5, 5.41) is 3.68. The second kappa shape index (κ2) is 4.14. The average molecular weight is 208 g/mol. The van der Waals surface area contributed by atoms with Gasteiger partial charge >= 0.3 is 0 Å². The van der Waals surface area contributed by atoms with Crippen LogP contribution in [0.15, 0.2) is 16.8 Å². The molecule has 0 spiro atoms. The lowest BCUT2D eigenvalue weighted by Gasteiger charge is -2.36. The lowest BCUT2D eigenvalue weighted by molar-refractivity contribution is -0.128. The molecule has 2 rings (SSSR count). The first-order valence-electron chi connectivity index (χ1n) is 5.35. The maximum atomic E-state index is 11.5. The Kier molecular flexibility index (Phi) is 2.86. The van der Waals surface area contributed by atoms with Gasteiger partial charge in [0.2, 0.25) is 0 Å². The summed E-state index contributed by atoms with van der Waals surface area (Å²) in [7, 11) is 0. The normalized spacial score (nSPS) is 28.3. The lowest BCUT2D eigenvalue weighted by Crippen LogP contribution is -2.46. The van der Waals surface area contributed by atoms with Crippen molar-refractivity contribution in [2.45, 2.75) is 32.9 Å². The van der Waals surface area contributed by atoms with Crippen LogP contribution in [0.3, 0.4) is 0 Å². The summed E-state index contributed by atoms with van der Waals surface area (Å²) in [6.45, 7) is 5.67. The molecule has 82 valence electrons. The third-order valence-corrected chi connectivity index (χ3v) is 3.30. The maximum absolute atomic E-state index is 11.5. The second-order valence-corrected chi connectivity index (χ2v) is 4.19. The van der Waals surface area contributed by atoms with Crippen molar-refractivity contribution in [3.05, 3.63) is 18.0 Å². The number of hydrogen-bond donors (Lipinski definition) is 0. The van der Waals surface area contributed by atoms with Crippen molar-refractivity contribution in [2.75, 3.05) is 6.54 Å². The van der Waals surface area contributed by atoms with Crippen molar-refractivity contribution < 1.29 is 9.32 Å². The SMILES string of the molecule is CC1C(=O)CCN(Cc2ccno2)C1C. The molecule has 1 aliphatic heterocycles. The zero-order valence-corrected chi connectivity index (χ0v) is 9.14. The summed E-state index contributed by atoms with van der Waals surface area (Å²) in [5.41, 5.74) is 0. The highest BCUT2D eigenvalue weighted by molar-refractivity contribution is 5.82. The van der Waals surface area contributed by atoms with Crippen molar-refractivity contribution in [2.24, 2.45) is 5.92 Å². The van der Waals surface area contributed by atoms with Crippen LogP contribution in [0.25, 0.3) is 0 Å². The summed E-state index contributed by atoms with van der Waals surface area (Å²) >= 11 is 0. The summed E-state index contributed by atoms with van der Waals surface area (Å²) in [5.74, 6) is 1.36. The molecular formula is C11H16N2O2. The number of piperidine rings is 1. The Labute approximate surface area is 89.2 Å². The topological polar surface area (TPSA) is 46.3 Å². The smallest absolute Gasteiger partial charge is 0.150 e. The van der Waals surface area contributed by atoms with Crippen molar-refractivity contribution in [3.63, 3.8) is 0 Å². The summed E-state index contributed by atoms with van der Waals surface area (Å²) in [6, 6.07) is 2.16. The molecule has 2 unspecified atom stereocenters. The number of carbonyl (C=O) groups excluding carboxylic acids is 1. The first-order chi connectivity index (χ1) is 7.18. The molecule has 0 saturated carbocycles. The molecule has 15 heavy (non-hydrogen) atoms. The molecule has 0 aliphatic carbocycles. The molecule has 2 atom stereocenters. The predicted octanol–water partition coefficient (Wildman–Crippen LogP) is 1.47. The van der Waals surface area contributed by atoms with E-state index in [1.165, 1.54) is 0 Å². The van der Waals surface area contributed by atoms with Crippen LogP contribution >= 0.6 is 0 Å². The molecule has 1 fully saturated rings. The summed E-state index contributed by atoms with van der Waals surface area (Å²) < 4.78 is 5.07. The van der Waals surface area contributed by atoms with Crippen LogP contribution in [0.2, 0.25) is 0 Å². The molecule has 4 nitrogen and oxygen atoms in total. The van der Waals surface area contributed by atoms with E-state index in [9.17, 15) is 4.79 Å². The van der Waals surface area contributed by atoms with Crippen LogP contribution in [0.5, 0.6) is 0 Å². The van der Waals surface area contributed by atoms with Crippen molar-refractivity contribution >= 4 is 5.78 Å². The van der Waals surface area contributed by atoms with Gasteiger partial charge < -0.3 is 4.52 Å². The Morgan fingerprint density at radius 3 is 3.07 bits per heavy atom. The monoisotopic (exact) mass is 208 g/mol. The molecule has 2 heterocycles. The van der Waals surface area contributed by atoms with Crippen molar-refractivity contribution in [1.29, 1.82) is 0 Å². The third-order valence-electron chi connectivity index (χ3n) is 3.30. The van der Waals surface area contributed by atoms with E-state index in [2.05, 4.69) is 17.0 Å². The fourth-order valence-electron chi connectivity index (χ4n) is 2.02. The minimum Gasteiger partial charge on any atom is -0.360 e. The fraction of sp³-hybridized carbons (Fsp3) is 0.636. The number of hydrogen-bond acceptors (Lipinski definition) is 4. The van der Waals surface area contributed by atoms with Gasteiger partial charge in [-0.2, -0.15) is 0 Å². The van der Waals surface area contributed by atoms with E-state index in [0.29, 0.717) is 12.2 Å². The highest BCUT2D eigenvalue weighted by Crippen LogP contribution is 2.21. The van der Waals surface area contributed by atoms with Gasteiger partial charge in [0.25, 0.3) is 0 Å². The van der Waals surface area contributed by atoms with Crippen LogP contribution < -0.4 is 0 Å². The molecular weight excluding hydrogens is 192 g/mol. The van der Waals surface area contributed by atoms with Crippen molar-refractivity contribution in [3.8, 4) is 0 Å². The zero-order valence-electron chi connectivity index (χ0n) is 9.14. The molecule has 0 radical (unpaired) electrons. The molecule has 1 aromatic heterocycles. The van der Waals surface area contributed by atoms with E-state index in [1.54, 1.807) is 6.20 Å². The molecule has 4 heteroatoms. The number of nitrogens with zero attached hydrogens (tertiary/aromatic N) is 2. The number of aromatic nitrogens is 1. The molecule has 0 aromatic carbocycles. The highest BCUT2D eigenvalue weighted by Gasteiger charge is 2.30. The lowest BCUT2D eigenvalue weighted by atomic mass is 9.91. The number of Topliss-reactive ketones (excluding diaryl/α,β-unsaturated/α-hetero) is 1. The van der Waals surface area contributed by atoms with Gasteiger partial charge in [-0.3, -0.25) is 9.69 Å². The largest absolute Gasteiger partial charge is 0.360 e. The van der Waals surface area contributed by atoms with Crippen LogP contribution in [-0.4, -0.2) is 28.4 Å². The van der Waals surface area contributed by atoms with Gasteiger partial charge in [0, 0.05) is 31.0 Å². The quantitative estimate of drug-likeness (QED) is 0.738. The van der Waals surface area contributed by atoms with Gasteiger partial charge in [-0.1, -0.05) is 12.1 Å². The van der Waals surface area contributed by atoms with E-state index >= 15 is 0 Å². The van der Waals surface area contributed by atoms with Crippen LogP contribution in [0, 0.1) is 5.92 Å². The minimum absolute atomic E-state index is 0.127. The van der Waals surface area contributed by atoms with Crippen molar-refractivity contribution in [1.82, 2.24) is 10.1 Å². The number of rotatable bonds is 2. The number of carbonyl (C=O) groups is 1. The Morgan fingerprint density at radius 1 is 1.60 bits per heavy atom. The first-order valence-corrected chi connectivity index (χ1v) is 5.35. The minimum atomic E-state index is 0.127. The van der Waals surface area contributed by atoms with Crippen LogP contribution in [0.4, 0.5) is 0 Å². The zero-order chi connectivity index (χ0) is 10.8. The van der Waals surface area contributed by atoms with Gasteiger partial charge in [0.1, 0.15) is 5.78 Å². The van der Waals surface area contributed by atoms with E-state index in [1.807, 2.05) is 13.0 Å². The van der Waals surface area contributed by atoms with Gasteiger partial charge in [-0.15, -0.1) is 0 Å². The first kappa shape index (κ1) is 10.4. The Morgan fingerprint density at radius 2 is 2.40 bits per heavy atom. The maximum Gasteiger partial charge on any atom is 0.150 e. The second-order valence-electron chi connectivity index (χ2n) is 4.19. The molecule has 1 aromatic rings. The Balaban J connectivity index is 2.01. The number of likely N-dealkylation sites (tertiary alicyclic amines) is 1. The molecule has 1 saturated heterocycles. The standard InChI is InChI=1S/C11H16N2O2/c1-8-9(2)13(6-4-11(8)14)7-10-3-5-12-15-10/h3,5,8-9H,4,6-7H2,1-2H3. The van der Waals surface area contributed by atoms with Gasteiger partial charge in [0.05, 0.1) is 12.7 Å². The molecule has 1 aliphatic rings. The fourth-order valence-corrected chi connectivity index (χ4v) is 2.02. The van der Waals surface area contributed by atoms with Gasteiger partial charge in [0.15, 0.2) is 5.76 Å². The third kappa shape index (κ3) is 2.09. The highest BCUT2D eigenvalue weighted by atomic mass is 16.5. The van der Waals surface area contributed by atoms with Crippen LogP contribution in [-0.2, 0) is 11.3 Å². The van der Waals surface area contributed by atoms with E-state index in [-0.39, 0.29) is 12.0 Å². The molecule has 0 amide bonds. The van der Waals surface area contributed by atoms with E-state index in [0.717, 1.165) is 18.8 Å². The van der Waals surface area contributed by atoms with E-state index in [4.69, 9.17) is 4.52 Å². The summed E-state index contributed by atoms with van der Waals surface area (Å²) in [6.07, 6.45) is 2.30. The average Bonchev–Trinajstić information content (AvgIpc) is 2.72. The van der Waals surface area contributed by atoms with Gasteiger partial charge in [-0.05, 0) is 6.92 Å². The van der Waals surface area contributed by atoms with Crippen LogP contribution in [0.1, 0.15) is 26.0 Å². The van der Waals surface area contributed by atoms with E-state index < -0.39 is 0 Å². The Bertz CT molecular complexity index is 334. The number of ketones is 1. The summed E-state index contributed by atoms with van der Waals surface area (Å²) in [4.78, 5) is 13.8.